The molecular formula is C17H16Cl2N4O10. The van der Waals surface area contributed by atoms with Gasteiger partial charge in [-0.1, -0.05) is 11.6 Å². The normalized spacial score (nSPS) is 22.5. The molecule has 14 nitrogen and oxygen atoms in total. The molecule has 1 saturated heterocycles. The van der Waals surface area contributed by atoms with E-state index >= 15 is 0 Å². The van der Waals surface area contributed by atoms with Crippen LogP contribution in [0.25, 0.3) is 11.2 Å². The van der Waals surface area contributed by atoms with Crippen LogP contribution in [0.2, 0.25) is 10.4 Å². The maximum atomic E-state index is 11.8. The Morgan fingerprint density at radius 1 is 1.09 bits per heavy atom. The third-order valence-electron chi connectivity index (χ3n) is 4.39. The van der Waals surface area contributed by atoms with Crippen molar-refractivity contribution in [3.8, 4) is 0 Å². The molecule has 3 rings (SSSR count). The first-order valence-corrected chi connectivity index (χ1v) is 9.87. The highest BCUT2D eigenvalue weighted by Gasteiger charge is 2.51. The quantitative estimate of drug-likeness (QED) is 0.217. The van der Waals surface area contributed by atoms with Gasteiger partial charge in [-0.2, -0.15) is 4.98 Å². The fourth-order valence-electron chi connectivity index (χ4n) is 3.20. The van der Waals surface area contributed by atoms with Crippen LogP contribution in [0.1, 0.15) is 20.1 Å². The summed E-state index contributed by atoms with van der Waals surface area (Å²) in [7, 11) is 0. The Bertz CT molecular complexity index is 1090. The summed E-state index contributed by atoms with van der Waals surface area (Å²) in [5, 5.41) is 17.8. The number of aromatic nitrogens is 4. The molecule has 0 amide bonds. The second-order valence-electron chi connectivity index (χ2n) is 6.71. The molecule has 0 bridgehead atoms. The molecule has 0 aromatic carbocycles. The van der Waals surface area contributed by atoms with Crippen LogP contribution in [0.15, 0.2) is 6.33 Å². The number of halogens is 2. The number of carboxylic acid groups (broad SMARTS) is 2. The number of aliphatic carboxylic acids is 2. The van der Waals surface area contributed by atoms with Crippen LogP contribution < -0.4 is 0 Å². The number of hydrogen-bond acceptors (Lipinski definition) is 11. The van der Waals surface area contributed by atoms with Crippen molar-refractivity contribution >= 4 is 58.2 Å². The zero-order chi connectivity index (χ0) is 24.4. The lowest BCUT2D eigenvalue weighted by molar-refractivity contribution is -0.173. The number of imidazole rings is 1. The van der Waals surface area contributed by atoms with Gasteiger partial charge in [0.2, 0.25) is 5.28 Å². The van der Waals surface area contributed by atoms with E-state index in [1.165, 1.54) is 10.9 Å². The molecule has 2 N–H and O–H groups in total. The van der Waals surface area contributed by atoms with Crippen LogP contribution in [0.3, 0.4) is 0 Å². The van der Waals surface area contributed by atoms with Crippen LogP contribution in [0, 0.1) is 0 Å². The van der Waals surface area contributed by atoms with Crippen LogP contribution in [0.5, 0.6) is 0 Å². The molecular weight excluding hydrogens is 491 g/mol. The number of carboxylic acids is 2. The van der Waals surface area contributed by atoms with Crippen molar-refractivity contribution in [2.45, 2.75) is 44.5 Å². The zero-order valence-electron chi connectivity index (χ0n) is 16.9. The number of carbonyl (C=O) groups excluding carboxylic acids is 2. The molecule has 0 aliphatic carbocycles. The Labute approximate surface area is 194 Å². The van der Waals surface area contributed by atoms with Gasteiger partial charge in [-0.3, -0.25) is 14.2 Å². The van der Waals surface area contributed by atoms with Crippen molar-refractivity contribution in [2.75, 3.05) is 6.61 Å². The van der Waals surface area contributed by atoms with Gasteiger partial charge >= 0.3 is 23.9 Å². The second kappa shape index (κ2) is 9.82. The SMILES string of the molecule is CC(=O)O[C@@H]1[C@H](OC(C)=O)[C@@H](COC(C(=O)O)C(=O)O)O[C@H]1n1cnc2c(Cl)nc(Cl)nc21. The number of nitrogens with zero attached hydrogens (tertiary/aromatic N) is 4. The summed E-state index contributed by atoms with van der Waals surface area (Å²) < 4.78 is 22.7. The van der Waals surface area contributed by atoms with Gasteiger partial charge < -0.3 is 29.2 Å². The van der Waals surface area contributed by atoms with Crippen molar-refractivity contribution in [3.63, 3.8) is 0 Å². The highest BCUT2D eigenvalue weighted by Crippen LogP contribution is 2.36. The van der Waals surface area contributed by atoms with E-state index in [0.29, 0.717) is 0 Å². The molecule has 33 heavy (non-hydrogen) atoms. The second-order valence-corrected chi connectivity index (χ2v) is 7.41. The Balaban J connectivity index is 2.00. The highest BCUT2D eigenvalue weighted by molar-refractivity contribution is 6.35. The van der Waals surface area contributed by atoms with Crippen LogP contribution in [0.4, 0.5) is 0 Å². The molecule has 3 heterocycles. The van der Waals surface area contributed by atoms with Gasteiger partial charge in [-0.05, 0) is 11.6 Å². The molecule has 178 valence electrons. The highest BCUT2D eigenvalue weighted by atomic mass is 35.5. The molecule has 0 spiro atoms. The smallest absolute Gasteiger partial charge is 0.344 e. The summed E-state index contributed by atoms with van der Waals surface area (Å²) in [6, 6.07) is 0. The lowest BCUT2D eigenvalue weighted by Gasteiger charge is -2.24. The predicted octanol–water partition coefficient (Wildman–Crippen LogP) is 0.448. The molecule has 2 aromatic heterocycles. The van der Waals surface area contributed by atoms with E-state index in [4.69, 9.17) is 52.4 Å². The standard InChI is InChI=1S/C17H16Cl2N4O10/c1-5(24)31-9-7(3-30-11(15(26)27)16(28)29)33-14(10(9)32-6(2)25)23-4-20-8-12(18)21-17(19)22-13(8)23/h4,7,9-11,14H,3H2,1-2H3,(H,26,27)(H,28,29)/t7-,9-,10-,14-/m1/s1. The Morgan fingerprint density at radius 3 is 2.27 bits per heavy atom. The molecule has 16 heteroatoms. The lowest BCUT2D eigenvalue weighted by Crippen LogP contribution is -2.42. The fraction of sp³-hybridized carbons (Fsp3) is 0.471. The van der Waals surface area contributed by atoms with Gasteiger partial charge in [0.15, 0.2) is 29.2 Å². The molecule has 0 unspecified atom stereocenters. The third kappa shape index (κ3) is 5.30. The van der Waals surface area contributed by atoms with E-state index in [9.17, 15) is 19.2 Å². The minimum atomic E-state index is -2.21. The summed E-state index contributed by atoms with van der Waals surface area (Å²) in [6.45, 7) is 1.56. The first-order valence-electron chi connectivity index (χ1n) is 9.12. The number of hydrogen-bond donors (Lipinski definition) is 2. The van der Waals surface area contributed by atoms with Gasteiger partial charge in [0, 0.05) is 13.8 Å². The van der Waals surface area contributed by atoms with Gasteiger partial charge in [0.25, 0.3) is 6.10 Å². The minimum Gasteiger partial charge on any atom is -0.479 e. The predicted molar refractivity (Wildman–Crippen MR) is 105 cm³/mol. The van der Waals surface area contributed by atoms with Crippen molar-refractivity contribution in [1.82, 2.24) is 19.5 Å². The van der Waals surface area contributed by atoms with Crippen LogP contribution in [-0.4, -0.2) is 84.6 Å². The minimum absolute atomic E-state index is 0.0621. The Kier molecular flexibility index (Phi) is 7.31. The van der Waals surface area contributed by atoms with E-state index in [-0.39, 0.29) is 21.6 Å². The number of fused-ring (bicyclic) bond motifs is 1. The fourth-order valence-corrected chi connectivity index (χ4v) is 3.62. The topological polar surface area (TPSA) is 189 Å². The van der Waals surface area contributed by atoms with E-state index in [0.717, 1.165) is 13.8 Å². The monoisotopic (exact) mass is 506 g/mol. The van der Waals surface area contributed by atoms with E-state index in [2.05, 4.69) is 15.0 Å². The largest absolute Gasteiger partial charge is 0.479 e. The first kappa shape index (κ1) is 24.6. The molecule has 1 aliphatic heterocycles. The maximum Gasteiger partial charge on any atom is 0.344 e. The average molecular weight is 507 g/mol. The number of ether oxygens (including phenoxy) is 4. The Morgan fingerprint density at radius 2 is 1.70 bits per heavy atom. The van der Waals surface area contributed by atoms with Crippen LogP contribution >= 0.6 is 23.2 Å². The molecule has 1 fully saturated rings. The number of carbonyl (C=O) groups is 4. The van der Waals surface area contributed by atoms with E-state index < -0.39 is 61.1 Å². The molecule has 0 radical (unpaired) electrons. The van der Waals surface area contributed by atoms with Crippen molar-refractivity contribution in [1.29, 1.82) is 0 Å². The number of esters is 2. The Hall–Kier alpha value is -3.07. The zero-order valence-corrected chi connectivity index (χ0v) is 18.4. The van der Waals surface area contributed by atoms with Crippen molar-refractivity contribution < 1.29 is 48.3 Å². The molecule has 0 saturated carbocycles. The van der Waals surface area contributed by atoms with Gasteiger partial charge in [0.1, 0.15) is 11.6 Å². The summed E-state index contributed by atoms with van der Waals surface area (Å²) >= 11 is 11.9. The molecule has 1 aliphatic rings. The van der Waals surface area contributed by atoms with E-state index in [1.54, 1.807) is 0 Å². The summed E-state index contributed by atoms with van der Waals surface area (Å²) in [5.41, 5.74) is 0.242. The summed E-state index contributed by atoms with van der Waals surface area (Å²) in [5.74, 6) is -5.03. The van der Waals surface area contributed by atoms with E-state index in [1.807, 2.05) is 0 Å². The third-order valence-corrected chi connectivity index (χ3v) is 4.82. The molecule has 4 atom stereocenters. The summed E-state index contributed by atoms with van der Waals surface area (Å²) in [6.07, 6.45) is -6.00. The maximum absolute atomic E-state index is 11.8. The van der Waals surface area contributed by atoms with Gasteiger partial charge in [-0.25, -0.2) is 19.6 Å². The average Bonchev–Trinajstić information content (AvgIpc) is 3.23. The van der Waals surface area contributed by atoms with Crippen molar-refractivity contribution in [3.05, 3.63) is 16.8 Å². The lowest BCUT2D eigenvalue weighted by atomic mass is 10.1. The number of rotatable bonds is 8. The van der Waals surface area contributed by atoms with Crippen LogP contribution in [-0.2, 0) is 38.1 Å². The van der Waals surface area contributed by atoms with Crippen molar-refractivity contribution in [2.24, 2.45) is 0 Å². The summed E-state index contributed by atoms with van der Waals surface area (Å²) in [4.78, 5) is 57.6. The first-order chi connectivity index (χ1) is 15.5. The van der Waals surface area contributed by atoms with Gasteiger partial charge in [0.05, 0.1) is 12.9 Å². The van der Waals surface area contributed by atoms with Gasteiger partial charge in [-0.15, -0.1) is 0 Å². The molecule has 2 aromatic rings.